The lowest BCUT2D eigenvalue weighted by Crippen LogP contribution is -2.75. The Bertz CT molecular complexity index is 2420. The summed E-state index contributed by atoms with van der Waals surface area (Å²) in [6.07, 6.45) is -43.7. The maximum Gasteiger partial charge on any atom is 0.416 e. The van der Waals surface area contributed by atoms with Crippen LogP contribution in [0.4, 0.5) is 105 Å². The summed E-state index contributed by atoms with van der Waals surface area (Å²) in [6, 6.07) is 1.10. The summed E-state index contributed by atoms with van der Waals surface area (Å²) in [7, 11) is 0.345. The first-order valence-electron chi connectivity index (χ1n) is 22.7. The predicted molar refractivity (Wildman–Crippen MR) is 238 cm³/mol. The van der Waals surface area contributed by atoms with Crippen LogP contribution in [-0.2, 0) is 60.3 Å². The van der Waals surface area contributed by atoms with Crippen LogP contribution in [0.25, 0.3) is 0 Å². The first-order valence-corrected chi connectivity index (χ1v) is 24.3. The van der Waals surface area contributed by atoms with E-state index < -0.39 is 195 Å². The molecule has 2 aliphatic carbocycles. The summed E-state index contributed by atoms with van der Waals surface area (Å²) in [5, 5.41) is 1.71. The van der Waals surface area contributed by atoms with Crippen LogP contribution in [0.1, 0.15) is 106 Å². The molecule has 0 unspecified atom stereocenters. The lowest BCUT2D eigenvalue weighted by molar-refractivity contribution is -0.144. The third kappa shape index (κ3) is 14.2. The summed E-state index contributed by atoms with van der Waals surface area (Å²) >= 11 is 0. The van der Waals surface area contributed by atoms with Crippen molar-refractivity contribution >= 4 is 44.7 Å². The van der Waals surface area contributed by atoms with Crippen molar-refractivity contribution in [3.8, 4) is 0 Å². The Hall–Kier alpha value is -5.50. The zero-order valence-electron chi connectivity index (χ0n) is 38.8. The molecule has 0 heterocycles. The van der Waals surface area contributed by atoms with Crippen LogP contribution >= 0.6 is 0 Å². The van der Waals surface area contributed by atoms with Gasteiger partial charge in [-0.25, -0.2) is 0 Å². The molecular weight excluding hydrogens is 1120 g/mol. The van der Waals surface area contributed by atoms with E-state index >= 15 is 0 Å². The third-order valence-electron chi connectivity index (χ3n) is 13.3. The molecule has 2 aliphatic rings. The van der Waals surface area contributed by atoms with Crippen LogP contribution in [0.15, 0.2) is 103 Å². The molecule has 0 amide bonds. The van der Waals surface area contributed by atoms with Crippen LogP contribution in [0.5, 0.6) is 0 Å². The summed E-state index contributed by atoms with van der Waals surface area (Å²) < 4.78 is 341. The minimum atomic E-state index is -6.13. The molecular formula is C50H37BF24OS. The molecule has 420 valence electrons. The lowest BCUT2D eigenvalue weighted by Gasteiger charge is -2.46. The Balaban J connectivity index is 0.000000397. The molecule has 0 spiro atoms. The van der Waals surface area contributed by atoms with Crippen molar-refractivity contribution in [1.29, 1.82) is 0 Å². The van der Waals surface area contributed by atoms with Gasteiger partial charge in [0.15, 0.2) is 5.75 Å². The molecule has 0 N–H and O–H groups in total. The van der Waals surface area contributed by atoms with Crippen LogP contribution in [0.3, 0.4) is 0 Å². The number of benzene rings is 5. The highest BCUT2D eigenvalue weighted by Crippen LogP contribution is 2.42. The molecule has 2 saturated carbocycles. The van der Waals surface area contributed by atoms with Gasteiger partial charge in [-0.2, -0.15) is 127 Å². The Morgan fingerprint density at radius 3 is 0.753 bits per heavy atom. The zero-order valence-corrected chi connectivity index (χ0v) is 39.6. The quantitative estimate of drug-likeness (QED) is 0.0622. The van der Waals surface area contributed by atoms with Gasteiger partial charge in [-0.05, 0) is 75.6 Å². The van der Waals surface area contributed by atoms with Gasteiger partial charge in [-0.3, -0.25) is 4.79 Å². The molecule has 0 aliphatic heterocycles. The molecule has 1 nitrogen and oxygen atoms in total. The number of alkyl halides is 24. The average Bonchev–Trinajstić information content (AvgIpc) is 4.05. The molecule has 2 fully saturated rings. The number of rotatable bonds is 9. The van der Waals surface area contributed by atoms with Crippen molar-refractivity contribution in [1.82, 2.24) is 0 Å². The third-order valence-corrected chi connectivity index (χ3v) is 16.5. The zero-order chi connectivity index (χ0) is 57.7. The second kappa shape index (κ2) is 21.6. The first kappa shape index (κ1) is 60.7. The highest BCUT2D eigenvalue weighted by molar-refractivity contribution is 7.98. The van der Waals surface area contributed by atoms with E-state index in [2.05, 4.69) is 0 Å². The summed E-state index contributed by atoms with van der Waals surface area (Å²) in [4.78, 5) is 12.6. The molecule has 0 radical (unpaired) electrons. The topological polar surface area (TPSA) is 17.1 Å². The largest absolute Gasteiger partial charge is 0.416 e. The van der Waals surface area contributed by atoms with E-state index in [-0.39, 0.29) is 0 Å². The van der Waals surface area contributed by atoms with Gasteiger partial charge in [0, 0.05) is 16.5 Å². The summed E-state index contributed by atoms with van der Waals surface area (Å²) in [5.74, 6) is 1.20. The monoisotopic (exact) mass is 1150 g/mol. The van der Waals surface area contributed by atoms with Gasteiger partial charge < -0.3 is 0 Å². The fraction of sp³-hybridized carbons (Fsp3) is 0.380. The minimum Gasteiger partial charge on any atom is -0.289 e. The highest BCUT2D eigenvalue weighted by Gasteiger charge is 2.48. The van der Waals surface area contributed by atoms with E-state index in [9.17, 15) is 110 Å². The van der Waals surface area contributed by atoms with Gasteiger partial charge in [0.05, 0.1) is 44.5 Å². The maximum absolute atomic E-state index is 14.2. The van der Waals surface area contributed by atoms with Gasteiger partial charge in [0.1, 0.15) is 16.6 Å². The number of carbonyl (C=O) groups excluding carboxylic acids is 1. The molecule has 0 aromatic heterocycles. The SMILES string of the molecule is FC(F)(F)c1cc([B-](c2cc(C(F)(F)F)cc(C(F)(F)F)c2)(c2cc(C(F)(F)F)cc(C(F)(F)F)c2)c2cc(C(F)(F)F)cc(C(F)(F)F)c2)cc(C(F)(F)F)c1.O=C(C[S+](C1CCCC1)C1CCCC1)c1ccccc1. The van der Waals surface area contributed by atoms with E-state index in [0.29, 0.717) is 16.7 Å². The normalized spacial score (nSPS) is 16.0. The average molecular weight is 1150 g/mol. The Kier molecular flexibility index (Phi) is 17.1. The summed E-state index contributed by atoms with van der Waals surface area (Å²) in [6.45, 7) is 0. The number of halogens is 24. The van der Waals surface area contributed by atoms with E-state index in [1.54, 1.807) is 0 Å². The number of carbonyl (C=O) groups is 1. The Morgan fingerprint density at radius 2 is 0.558 bits per heavy atom. The predicted octanol–water partition coefficient (Wildman–Crippen LogP) is 15.6. The molecule has 77 heavy (non-hydrogen) atoms. The molecule has 0 saturated heterocycles. The van der Waals surface area contributed by atoms with Crippen LogP contribution in [-0.4, -0.2) is 28.2 Å². The highest BCUT2D eigenvalue weighted by atomic mass is 32.2. The number of hydrogen-bond donors (Lipinski definition) is 0. The summed E-state index contributed by atoms with van der Waals surface area (Å²) in [5.41, 5.74) is -29.3. The fourth-order valence-corrected chi connectivity index (χ4v) is 13.2. The van der Waals surface area contributed by atoms with Crippen molar-refractivity contribution in [3.05, 3.63) is 153 Å². The second-order valence-corrected chi connectivity index (χ2v) is 21.0. The minimum absolute atomic E-state index is 0.345. The first-order chi connectivity index (χ1) is 35.1. The molecule has 0 bridgehead atoms. The molecule has 5 aromatic rings. The molecule has 5 aromatic carbocycles. The van der Waals surface area contributed by atoms with Crippen molar-refractivity contribution < 1.29 is 110 Å². The van der Waals surface area contributed by atoms with E-state index in [1.807, 2.05) is 30.3 Å². The van der Waals surface area contributed by atoms with Gasteiger partial charge in [-0.15, -0.1) is 0 Å². The van der Waals surface area contributed by atoms with Crippen LogP contribution < -0.4 is 21.9 Å². The number of ketones is 1. The van der Waals surface area contributed by atoms with Crippen LogP contribution in [0, 0.1) is 0 Å². The van der Waals surface area contributed by atoms with E-state index in [1.165, 1.54) is 51.4 Å². The molecule has 27 heteroatoms. The fourth-order valence-electron chi connectivity index (χ4n) is 9.82. The van der Waals surface area contributed by atoms with Gasteiger partial charge in [0.2, 0.25) is 5.78 Å². The van der Waals surface area contributed by atoms with Crippen molar-refractivity contribution in [2.75, 3.05) is 5.75 Å². The van der Waals surface area contributed by atoms with Gasteiger partial charge in [-0.1, -0.05) is 78.9 Å². The lowest BCUT2D eigenvalue weighted by atomic mass is 9.12. The van der Waals surface area contributed by atoms with E-state index in [0.717, 1.165) is 21.8 Å². The van der Waals surface area contributed by atoms with Gasteiger partial charge in [0.25, 0.3) is 0 Å². The Labute approximate surface area is 424 Å². The second-order valence-electron chi connectivity index (χ2n) is 18.4. The smallest absolute Gasteiger partial charge is 0.289 e. The van der Waals surface area contributed by atoms with Crippen LogP contribution in [0.2, 0.25) is 0 Å². The van der Waals surface area contributed by atoms with E-state index in [4.69, 9.17) is 0 Å². The number of Topliss-reactive ketones (excluding diaryl/α,β-unsaturated/α-hetero) is 1. The number of hydrogen-bond acceptors (Lipinski definition) is 1. The van der Waals surface area contributed by atoms with Crippen molar-refractivity contribution in [2.24, 2.45) is 0 Å². The van der Waals surface area contributed by atoms with Gasteiger partial charge >= 0.3 is 49.4 Å². The molecule has 7 rings (SSSR count). The van der Waals surface area contributed by atoms with Crippen molar-refractivity contribution in [3.63, 3.8) is 0 Å². The standard InChI is InChI=1S/C32H12BF24.C18H25OS/c34-25(35,36)13-1-14(26(37,38)39)6-21(5-13)33(22-7-15(27(40,41)42)2-16(8-22)28(43,44)45,23-9-17(29(46,47)48)3-18(10-23)30(49,50)51)24-11-19(31(52,53)54)4-20(12-24)32(55,56)57;19-18(15-8-2-1-3-9-15)14-20(16-10-4-5-11-16)17-12-6-7-13-17/h1-12H;1-3,8-9,16-17H,4-7,10-14H2/q-1;+1. The van der Waals surface area contributed by atoms with Crippen molar-refractivity contribution in [2.45, 2.75) is 111 Å². The Morgan fingerprint density at radius 1 is 0.351 bits per heavy atom. The molecule has 0 atom stereocenters. The maximum atomic E-state index is 14.2.